The van der Waals surface area contributed by atoms with Crippen molar-refractivity contribution in [3.05, 3.63) is 45.1 Å². The molecule has 3 aliphatic rings. The summed E-state index contributed by atoms with van der Waals surface area (Å²) in [5.74, 6) is -1.27. The van der Waals surface area contributed by atoms with Crippen LogP contribution in [0.3, 0.4) is 0 Å². The summed E-state index contributed by atoms with van der Waals surface area (Å²) in [6.45, 7) is 1.86. The first-order chi connectivity index (χ1) is 13.5. The highest BCUT2D eigenvalue weighted by Gasteiger charge is 2.43. The number of ether oxygens (including phenoxy) is 1. The van der Waals surface area contributed by atoms with E-state index in [4.69, 9.17) is 27.9 Å². The molecule has 1 fully saturated rings. The number of nitrogens with zero attached hydrogens (tertiary/aromatic N) is 1. The number of halogens is 2. The van der Waals surface area contributed by atoms with E-state index < -0.39 is 11.8 Å². The molecule has 1 unspecified atom stereocenters. The molecule has 1 aromatic rings. The molecule has 2 aliphatic carbocycles. The number of hydrogen-bond acceptors (Lipinski definition) is 4. The molecule has 148 valence electrons. The van der Waals surface area contributed by atoms with Gasteiger partial charge in [-0.3, -0.25) is 14.6 Å². The molecular formula is C22H23Cl2NO3. The molecule has 4 rings (SSSR count). The Kier molecular flexibility index (Phi) is 5.62. The number of carbonyl (C=O) groups excluding carboxylic acids is 2. The van der Waals surface area contributed by atoms with E-state index in [0.717, 1.165) is 49.8 Å². The van der Waals surface area contributed by atoms with Gasteiger partial charge in [-0.2, -0.15) is 0 Å². The summed E-state index contributed by atoms with van der Waals surface area (Å²) in [4.78, 5) is 30.7. The Morgan fingerprint density at radius 1 is 1.11 bits per heavy atom. The van der Waals surface area contributed by atoms with Crippen LogP contribution in [0.1, 0.15) is 63.4 Å². The minimum Gasteiger partial charge on any atom is -0.462 e. The number of benzene rings is 1. The average Bonchev–Trinajstić information content (AvgIpc) is 3.16. The molecule has 6 heteroatoms. The monoisotopic (exact) mass is 419 g/mol. The third-order valence-electron chi connectivity index (χ3n) is 5.98. The van der Waals surface area contributed by atoms with Gasteiger partial charge in [0.2, 0.25) is 0 Å². The molecule has 0 radical (unpaired) electrons. The zero-order chi connectivity index (χ0) is 19.8. The molecule has 0 bridgehead atoms. The molecule has 28 heavy (non-hydrogen) atoms. The predicted molar refractivity (Wildman–Crippen MR) is 110 cm³/mol. The average molecular weight is 420 g/mol. The zero-order valence-corrected chi connectivity index (χ0v) is 17.4. The van der Waals surface area contributed by atoms with Crippen LogP contribution in [0.25, 0.3) is 0 Å². The van der Waals surface area contributed by atoms with E-state index in [1.165, 1.54) is 0 Å². The number of hydrogen-bond donors (Lipinski definition) is 0. The van der Waals surface area contributed by atoms with E-state index in [1.807, 2.05) is 13.0 Å². The number of rotatable bonds is 3. The summed E-state index contributed by atoms with van der Waals surface area (Å²) in [7, 11) is 0. The highest BCUT2D eigenvalue weighted by Crippen LogP contribution is 2.45. The normalized spacial score (nSPS) is 25.5. The van der Waals surface area contributed by atoms with Crippen molar-refractivity contribution in [1.29, 1.82) is 0 Å². The maximum absolute atomic E-state index is 13.2. The minimum absolute atomic E-state index is 0.0350. The zero-order valence-electron chi connectivity index (χ0n) is 15.8. The molecule has 0 amide bonds. The Morgan fingerprint density at radius 3 is 2.57 bits per heavy atom. The van der Waals surface area contributed by atoms with Crippen molar-refractivity contribution in [1.82, 2.24) is 0 Å². The number of carbonyl (C=O) groups is 2. The highest BCUT2D eigenvalue weighted by molar-refractivity contribution is 6.42. The van der Waals surface area contributed by atoms with Gasteiger partial charge >= 0.3 is 5.97 Å². The van der Waals surface area contributed by atoms with Crippen molar-refractivity contribution in [3.8, 4) is 0 Å². The first-order valence-corrected chi connectivity index (χ1v) is 10.7. The first-order valence-electron chi connectivity index (χ1n) is 9.92. The summed E-state index contributed by atoms with van der Waals surface area (Å²) >= 11 is 12.4. The van der Waals surface area contributed by atoms with Crippen molar-refractivity contribution in [2.24, 2.45) is 10.9 Å². The molecule has 1 aliphatic heterocycles. The summed E-state index contributed by atoms with van der Waals surface area (Å²) in [6.07, 6.45) is 5.96. The largest absolute Gasteiger partial charge is 0.462 e. The van der Waals surface area contributed by atoms with Gasteiger partial charge in [0.1, 0.15) is 12.0 Å². The number of ketones is 1. The van der Waals surface area contributed by atoms with Crippen LogP contribution in [0.2, 0.25) is 10.0 Å². The van der Waals surface area contributed by atoms with E-state index in [9.17, 15) is 9.59 Å². The van der Waals surface area contributed by atoms with Crippen LogP contribution >= 0.6 is 23.2 Å². The molecule has 1 aromatic carbocycles. The number of aliphatic imine (C=N–C) groups is 1. The van der Waals surface area contributed by atoms with E-state index in [1.54, 1.807) is 12.1 Å². The fraction of sp³-hybridized carbons (Fsp3) is 0.500. The molecule has 0 spiro atoms. The summed E-state index contributed by atoms with van der Waals surface area (Å²) in [5.41, 5.74) is 2.95. The van der Waals surface area contributed by atoms with E-state index in [2.05, 4.69) is 4.99 Å². The van der Waals surface area contributed by atoms with Crippen LogP contribution < -0.4 is 0 Å². The van der Waals surface area contributed by atoms with E-state index >= 15 is 0 Å². The van der Waals surface area contributed by atoms with Gasteiger partial charge in [0.05, 0.1) is 10.0 Å². The van der Waals surface area contributed by atoms with Crippen LogP contribution in [0, 0.1) is 5.92 Å². The van der Waals surface area contributed by atoms with Crippen LogP contribution in [0.5, 0.6) is 0 Å². The maximum atomic E-state index is 13.2. The van der Waals surface area contributed by atoms with Crippen LogP contribution in [-0.4, -0.2) is 23.6 Å². The van der Waals surface area contributed by atoms with Gasteiger partial charge < -0.3 is 4.74 Å². The molecule has 0 aromatic heterocycles. The van der Waals surface area contributed by atoms with Gasteiger partial charge in [0.25, 0.3) is 0 Å². The SMILES string of the molecule is CC1=NC2=C(C(=O)CCC2)[C@H](c2ccc(Cl)c(Cl)c2)C1C(=O)OC1CCCC1. The predicted octanol–water partition coefficient (Wildman–Crippen LogP) is 5.66. The second kappa shape index (κ2) is 8.00. The van der Waals surface area contributed by atoms with Crippen molar-refractivity contribution < 1.29 is 14.3 Å². The van der Waals surface area contributed by atoms with Crippen LogP contribution in [0.15, 0.2) is 34.5 Å². The van der Waals surface area contributed by atoms with Gasteiger partial charge in [-0.1, -0.05) is 29.3 Å². The van der Waals surface area contributed by atoms with Crippen LogP contribution in [0.4, 0.5) is 0 Å². The van der Waals surface area contributed by atoms with Gasteiger partial charge in [-0.25, -0.2) is 0 Å². The fourth-order valence-corrected chi connectivity index (χ4v) is 4.93. The molecule has 1 heterocycles. The molecule has 0 N–H and O–H groups in total. The first kappa shape index (κ1) is 19.7. The van der Waals surface area contributed by atoms with Crippen molar-refractivity contribution in [2.45, 2.75) is 63.9 Å². The topological polar surface area (TPSA) is 55.7 Å². The number of Topliss-reactive ketones (excluding diaryl/α,β-unsaturated/α-hetero) is 1. The third kappa shape index (κ3) is 3.65. The summed E-state index contributed by atoms with van der Waals surface area (Å²) in [6, 6.07) is 5.32. The standard InChI is InChI=1S/C22H23Cl2NO3/c1-12-19(22(27)28-14-5-2-3-6-14)20(13-9-10-15(23)16(24)11-13)21-17(25-12)7-4-8-18(21)26/h9-11,14,19-20H,2-8H2,1H3/t19?,20-/m1/s1. The van der Waals surface area contributed by atoms with Gasteiger partial charge in [0, 0.05) is 29.3 Å². The summed E-state index contributed by atoms with van der Waals surface area (Å²) in [5, 5.41) is 0.855. The minimum atomic E-state index is -0.612. The Bertz CT molecular complexity index is 884. The van der Waals surface area contributed by atoms with Gasteiger partial charge in [-0.05, 0) is 63.1 Å². The Hall–Kier alpha value is -1.65. The number of esters is 1. The highest BCUT2D eigenvalue weighted by atomic mass is 35.5. The Balaban J connectivity index is 1.77. The Morgan fingerprint density at radius 2 is 1.86 bits per heavy atom. The van der Waals surface area contributed by atoms with E-state index in [-0.39, 0.29) is 17.9 Å². The quantitative estimate of drug-likeness (QED) is 0.593. The summed E-state index contributed by atoms with van der Waals surface area (Å²) < 4.78 is 5.83. The fourth-order valence-electron chi connectivity index (χ4n) is 4.62. The molecule has 1 saturated carbocycles. The van der Waals surface area contributed by atoms with Crippen molar-refractivity contribution >= 4 is 40.7 Å². The second-order valence-electron chi connectivity index (χ2n) is 7.86. The Labute approximate surface area is 175 Å². The van der Waals surface area contributed by atoms with E-state index in [0.29, 0.717) is 27.8 Å². The van der Waals surface area contributed by atoms with Crippen LogP contribution in [-0.2, 0) is 14.3 Å². The van der Waals surface area contributed by atoms with Crippen molar-refractivity contribution in [3.63, 3.8) is 0 Å². The smallest absolute Gasteiger partial charge is 0.315 e. The maximum Gasteiger partial charge on any atom is 0.315 e. The molecule has 4 nitrogen and oxygen atoms in total. The lowest BCUT2D eigenvalue weighted by Gasteiger charge is -2.35. The van der Waals surface area contributed by atoms with Gasteiger partial charge in [-0.15, -0.1) is 0 Å². The van der Waals surface area contributed by atoms with Crippen molar-refractivity contribution in [2.75, 3.05) is 0 Å². The number of allylic oxidation sites excluding steroid dienone is 2. The molecular weight excluding hydrogens is 397 g/mol. The molecule has 2 atom stereocenters. The molecule has 0 saturated heterocycles. The van der Waals surface area contributed by atoms with Gasteiger partial charge in [0.15, 0.2) is 5.78 Å². The lowest BCUT2D eigenvalue weighted by atomic mass is 9.72. The second-order valence-corrected chi connectivity index (χ2v) is 8.68. The lowest BCUT2D eigenvalue weighted by Crippen LogP contribution is -2.38. The lowest BCUT2D eigenvalue weighted by molar-refractivity contribution is -0.151. The third-order valence-corrected chi connectivity index (χ3v) is 6.72.